The van der Waals surface area contributed by atoms with E-state index in [9.17, 15) is 13.2 Å². The number of carbonyl (C=O) groups is 1. The van der Waals surface area contributed by atoms with E-state index in [0.717, 1.165) is 22.6 Å². The lowest BCUT2D eigenvalue weighted by Gasteiger charge is -2.07. The fourth-order valence-corrected chi connectivity index (χ4v) is 4.29. The van der Waals surface area contributed by atoms with Gasteiger partial charge >= 0.3 is 0 Å². The summed E-state index contributed by atoms with van der Waals surface area (Å²) < 4.78 is 24.8. The predicted octanol–water partition coefficient (Wildman–Crippen LogP) is 3.32. The summed E-state index contributed by atoms with van der Waals surface area (Å²) in [5.74, 6) is -0.218. The summed E-state index contributed by atoms with van der Waals surface area (Å²) in [5, 5.41) is 8.47. The van der Waals surface area contributed by atoms with Crippen LogP contribution < -0.4 is 10.5 Å². The van der Waals surface area contributed by atoms with Gasteiger partial charge < -0.3 is 9.88 Å². The van der Waals surface area contributed by atoms with E-state index in [1.54, 1.807) is 18.2 Å². The SMILES string of the molecule is Cc1ccccc1N=C1NC(=O)/C(=C\c2cccn2-c2ccc(S(N)(=O)=O)cc2)S1. The van der Waals surface area contributed by atoms with Crippen molar-refractivity contribution in [2.75, 3.05) is 0 Å². The number of thioether (sulfide) groups is 1. The molecule has 152 valence electrons. The molecule has 3 aromatic rings. The molecule has 2 heterocycles. The second-order valence-electron chi connectivity index (χ2n) is 6.61. The third kappa shape index (κ3) is 4.23. The lowest BCUT2D eigenvalue weighted by Crippen LogP contribution is -2.19. The molecule has 1 aliphatic heterocycles. The minimum Gasteiger partial charge on any atom is -0.317 e. The number of primary sulfonamides is 1. The molecule has 1 amide bonds. The molecule has 0 aliphatic carbocycles. The summed E-state index contributed by atoms with van der Waals surface area (Å²) in [6.07, 6.45) is 3.60. The minimum absolute atomic E-state index is 0.0427. The molecule has 0 spiro atoms. The molecule has 3 N–H and O–H groups in total. The Labute approximate surface area is 178 Å². The van der Waals surface area contributed by atoms with Crippen molar-refractivity contribution in [2.45, 2.75) is 11.8 Å². The summed E-state index contributed by atoms with van der Waals surface area (Å²) in [6.45, 7) is 1.96. The minimum atomic E-state index is -3.75. The number of aliphatic imine (C=N–C) groups is 1. The largest absolute Gasteiger partial charge is 0.317 e. The Morgan fingerprint density at radius 2 is 1.80 bits per heavy atom. The monoisotopic (exact) mass is 438 g/mol. The fraction of sp³-hybridized carbons (Fsp3) is 0.0476. The van der Waals surface area contributed by atoms with Crippen LogP contribution in [0.3, 0.4) is 0 Å². The zero-order valence-corrected chi connectivity index (χ0v) is 17.6. The van der Waals surface area contributed by atoms with E-state index < -0.39 is 10.0 Å². The van der Waals surface area contributed by atoms with Gasteiger partial charge in [-0.05, 0) is 72.8 Å². The second kappa shape index (κ2) is 7.94. The van der Waals surface area contributed by atoms with Crippen LogP contribution in [0.1, 0.15) is 11.3 Å². The molecule has 1 fully saturated rings. The van der Waals surface area contributed by atoms with E-state index in [1.807, 2.05) is 54.1 Å². The highest BCUT2D eigenvalue weighted by Gasteiger charge is 2.24. The molecular formula is C21H18N4O3S2. The van der Waals surface area contributed by atoms with Gasteiger partial charge in [-0.1, -0.05) is 18.2 Å². The lowest BCUT2D eigenvalue weighted by atomic mass is 10.2. The van der Waals surface area contributed by atoms with Gasteiger partial charge in [-0.15, -0.1) is 0 Å². The summed E-state index contributed by atoms with van der Waals surface area (Å²) in [7, 11) is -3.75. The van der Waals surface area contributed by atoms with Crippen LogP contribution in [0.5, 0.6) is 0 Å². The molecule has 0 radical (unpaired) electrons. The number of benzene rings is 2. The van der Waals surface area contributed by atoms with Crippen molar-refractivity contribution in [2.24, 2.45) is 10.1 Å². The first-order valence-electron chi connectivity index (χ1n) is 8.97. The highest BCUT2D eigenvalue weighted by Crippen LogP contribution is 2.29. The third-order valence-corrected chi connectivity index (χ3v) is 6.33. The molecule has 9 heteroatoms. The smallest absolute Gasteiger partial charge is 0.264 e. The van der Waals surface area contributed by atoms with Crippen LogP contribution in [0, 0.1) is 6.92 Å². The van der Waals surface area contributed by atoms with Crippen LogP contribution in [0.15, 0.2) is 81.7 Å². The van der Waals surface area contributed by atoms with Crippen molar-refractivity contribution in [3.8, 4) is 5.69 Å². The molecular weight excluding hydrogens is 420 g/mol. The Balaban J connectivity index is 1.62. The van der Waals surface area contributed by atoms with E-state index in [2.05, 4.69) is 10.3 Å². The van der Waals surface area contributed by atoms with Crippen LogP contribution in [0.2, 0.25) is 0 Å². The highest BCUT2D eigenvalue weighted by atomic mass is 32.2. The number of carbonyl (C=O) groups excluding carboxylic acids is 1. The normalized spacial score (nSPS) is 16.9. The zero-order chi connectivity index (χ0) is 21.3. The van der Waals surface area contributed by atoms with Gasteiger partial charge in [-0.2, -0.15) is 0 Å². The number of aromatic nitrogens is 1. The van der Waals surface area contributed by atoms with Crippen molar-refractivity contribution in [3.05, 3.63) is 83.0 Å². The summed E-state index contributed by atoms with van der Waals surface area (Å²) in [5.41, 5.74) is 3.35. The van der Waals surface area contributed by atoms with Crippen LogP contribution >= 0.6 is 11.8 Å². The Hall–Kier alpha value is -3.14. The number of hydrogen-bond donors (Lipinski definition) is 2. The summed E-state index contributed by atoms with van der Waals surface area (Å²) in [6, 6.07) is 17.6. The standard InChI is InChI=1S/C21H18N4O3S2/c1-14-5-2-3-7-18(14)23-21-24-20(26)19(29-21)13-16-6-4-12-25(16)15-8-10-17(11-9-15)30(22,27)28/h2-13H,1H3,(H2,22,27,28)(H,23,24,26)/b19-13+. The molecule has 7 nitrogen and oxygen atoms in total. The Bertz CT molecular complexity index is 1290. The first kappa shape index (κ1) is 20.1. The first-order chi connectivity index (χ1) is 14.3. The average molecular weight is 439 g/mol. The van der Waals surface area contributed by atoms with Crippen LogP contribution in [-0.2, 0) is 14.8 Å². The van der Waals surface area contributed by atoms with Crippen molar-refractivity contribution < 1.29 is 13.2 Å². The van der Waals surface area contributed by atoms with E-state index in [1.165, 1.54) is 23.9 Å². The highest BCUT2D eigenvalue weighted by molar-refractivity contribution is 8.18. The Morgan fingerprint density at radius 3 is 2.50 bits per heavy atom. The van der Waals surface area contributed by atoms with Crippen molar-refractivity contribution >= 4 is 44.6 Å². The van der Waals surface area contributed by atoms with Crippen molar-refractivity contribution in [3.63, 3.8) is 0 Å². The van der Waals surface area contributed by atoms with E-state index >= 15 is 0 Å². The number of nitrogens with zero attached hydrogens (tertiary/aromatic N) is 2. The van der Waals surface area contributed by atoms with Gasteiger partial charge in [0.05, 0.1) is 15.5 Å². The van der Waals surface area contributed by atoms with Crippen molar-refractivity contribution in [1.82, 2.24) is 9.88 Å². The van der Waals surface area contributed by atoms with Gasteiger partial charge in [-0.3, -0.25) is 4.79 Å². The van der Waals surface area contributed by atoms with E-state index in [-0.39, 0.29) is 10.8 Å². The number of hydrogen-bond acceptors (Lipinski definition) is 5. The number of para-hydroxylation sites is 1. The predicted molar refractivity (Wildman–Crippen MR) is 119 cm³/mol. The molecule has 2 aromatic carbocycles. The third-order valence-electron chi connectivity index (χ3n) is 4.49. The molecule has 1 aromatic heterocycles. The van der Waals surface area contributed by atoms with Gasteiger partial charge in [0.15, 0.2) is 5.17 Å². The first-order valence-corrected chi connectivity index (χ1v) is 11.3. The summed E-state index contributed by atoms with van der Waals surface area (Å²) >= 11 is 1.27. The lowest BCUT2D eigenvalue weighted by molar-refractivity contribution is -0.115. The number of rotatable bonds is 4. The fourth-order valence-electron chi connectivity index (χ4n) is 2.96. The number of aryl methyl sites for hydroxylation is 1. The van der Waals surface area contributed by atoms with Gasteiger partial charge in [0.1, 0.15) is 0 Å². The van der Waals surface area contributed by atoms with Crippen molar-refractivity contribution in [1.29, 1.82) is 0 Å². The van der Waals surface area contributed by atoms with Gasteiger partial charge in [-0.25, -0.2) is 18.5 Å². The Morgan fingerprint density at radius 1 is 1.07 bits per heavy atom. The second-order valence-corrected chi connectivity index (χ2v) is 9.20. The van der Waals surface area contributed by atoms with Crippen LogP contribution in [0.4, 0.5) is 5.69 Å². The molecule has 0 unspecified atom stereocenters. The van der Waals surface area contributed by atoms with E-state index in [0.29, 0.717) is 10.1 Å². The maximum absolute atomic E-state index is 12.4. The molecule has 0 saturated carbocycles. The maximum Gasteiger partial charge on any atom is 0.264 e. The number of amides is 1. The zero-order valence-electron chi connectivity index (χ0n) is 15.9. The van der Waals surface area contributed by atoms with Crippen LogP contribution in [-0.4, -0.2) is 24.1 Å². The molecule has 0 atom stereocenters. The topological polar surface area (TPSA) is 107 Å². The molecule has 30 heavy (non-hydrogen) atoms. The maximum atomic E-state index is 12.4. The molecule has 1 aliphatic rings. The quantitative estimate of drug-likeness (QED) is 0.609. The average Bonchev–Trinajstić information content (AvgIpc) is 3.30. The van der Waals surface area contributed by atoms with Gasteiger partial charge in [0.2, 0.25) is 10.0 Å². The van der Waals surface area contributed by atoms with Crippen LogP contribution in [0.25, 0.3) is 11.8 Å². The van der Waals surface area contributed by atoms with Gasteiger partial charge in [0, 0.05) is 17.6 Å². The number of nitrogens with two attached hydrogens (primary N) is 1. The molecule has 1 saturated heterocycles. The summed E-state index contributed by atoms with van der Waals surface area (Å²) in [4.78, 5) is 17.5. The molecule has 0 bridgehead atoms. The van der Waals surface area contributed by atoms with Gasteiger partial charge in [0.25, 0.3) is 5.91 Å². The molecule has 4 rings (SSSR count). The number of amidine groups is 1. The van der Waals surface area contributed by atoms with E-state index in [4.69, 9.17) is 5.14 Å². The number of sulfonamides is 1. The Kier molecular flexibility index (Phi) is 5.33. The number of nitrogens with one attached hydrogen (secondary N) is 1.